The number of carbonyl (C=O) groups excluding carboxylic acids is 1. The molecule has 2 rings (SSSR count). The molecular weight excluding hydrogens is 300 g/mol. The molecule has 0 fully saturated rings. The van der Waals surface area contributed by atoms with Gasteiger partial charge in [-0.1, -0.05) is 49.4 Å². The Kier molecular flexibility index (Phi) is 5.99. The lowest BCUT2D eigenvalue weighted by molar-refractivity contribution is -0.134. The fourth-order valence-corrected chi connectivity index (χ4v) is 2.86. The third-order valence-corrected chi connectivity index (χ3v) is 4.37. The molecule has 0 bridgehead atoms. The second-order valence-electron chi connectivity index (χ2n) is 6.22. The number of methoxy groups -OCH3 is 1. The molecule has 0 saturated heterocycles. The molecule has 2 aromatic rings. The van der Waals surface area contributed by atoms with Gasteiger partial charge in [0.25, 0.3) is 0 Å². The van der Waals surface area contributed by atoms with Crippen LogP contribution in [0.25, 0.3) is 0 Å². The summed E-state index contributed by atoms with van der Waals surface area (Å²) in [6.45, 7) is 4.43. The maximum Gasteiger partial charge on any atom is 0.227 e. The van der Waals surface area contributed by atoms with Crippen LogP contribution >= 0.6 is 0 Å². The van der Waals surface area contributed by atoms with E-state index in [1.165, 1.54) is 0 Å². The molecule has 1 amide bonds. The Bertz CT molecular complexity index is 685. The standard InChI is InChI=1S/C20H26N2O2/c1-14-12-16(10-11-18(14)24-4)13-22(3)20(23)15(2)19(21)17-8-6-5-7-9-17/h5-12,15,19H,13,21H2,1-4H3. The molecule has 0 saturated carbocycles. The molecule has 0 radical (unpaired) electrons. The molecule has 0 aromatic heterocycles. The van der Waals surface area contributed by atoms with Crippen molar-refractivity contribution in [3.05, 3.63) is 65.2 Å². The van der Waals surface area contributed by atoms with E-state index in [1.54, 1.807) is 12.0 Å². The van der Waals surface area contributed by atoms with Crippen molar-refractivity contribution in [3.63, 3.8) is 0 Å². The molecular formula is C20H26N2O2. The highest BCUT2D eigenvalue weighted by molar-refractivity contribution is 5.79. The molecule has 0 aliphatic carbocycles. The summed E-state index contributed by atoms with van der Waals surface area (Å²) in [5.74, 6) is 0.615. The number of nitrogens with two attached hydrogens (primary N) is 1. The Morgan fingerprint density at radius 1 is 1.21 bits per heavy atom. The van der Waals surface area contributed by atoms with Gasteiger partial charge in [0.2, 0.25) is 5.91 Å². The summed E-state index contributed by atoms with van der Waals surface area (Å²) in [6, 6.07) is 15.4. The number of nitrogens with zero attached hydrogens (tertiary/aromatic N) is 1. The minimum atomic E-state index is -0.307. The van der Waals surface area contributed by atoms with Crippen LogP contribution < -0.4 is 10.5 Å². The van der Waals surface area contributed by atoms with E-state index in [1.807, 2.05) is 69.4 Å². The van der Waals surface area contributed by atoms with Gasteiger partial charge >= 0.3 is 0 Å². The van der Waals surface area contributed by atoms with Gasteiger partial charge in [0, 0.05) is 19.6 Å². The summed E-state index contributed by atoms with van der Waals surface area (Å²) in [5.41, 5.74) is 9.38. The second kappa shape index (κ2) is 7.97. The van der Waals surface area contributed by atoms with Gasteiger partial charge in [0.15, 0.2) is 0 Å². The van der Waals surface area contributed by atoms with Gasteiger partial charge in [-0.15, -0.1) is 0 Å². The van der Waals surface area contributed by atoms with Crippen molar-refractivity contribution in [3.8, 4) is 5.75 Å². The maximum atomic E-state index is 12.7. The number of benzene rings is 2. The summed E-state index contributed by atoms with van der Waals surface area (Å²) in [7, 11) is 3.47. The fourth-order valence-electron chi connectivity index (χ4n) is 2.86. The maximum absolute atomic E-state index is 12.7. The van der Waals surface area contributed by atoms with Crippen molar-refractivity contribution < 1.29 is 9.53 Å². The van der Waals surface area contributed by atoms with Crippen molar-refractivity contribution in [2.45, 2.75) is 26.4 Å². The predicted molar refractivity (Wildman–Crippen MR) is 96.7 cm³/mol. The number of rotatable bonds is 6. The van der Waals surface area contributed by atoms with E-state index in [-0.39, 0.29) is 17.9 Å². The molecule has 2 unspecified atom stereocenters. The Balaban J connectivity index is 2.04. The first-order chi connectivity index (χ1) is 11.4. The van der Waals surface area contributed by atoms with E-state index < -0.39 is 0 Å². The monoisotopic (exact) mass is 326 g/mol. The number of carbonyl (C=O) groups is 1. The summed E-state index contributed by atoms with van der Waals surface area (Å²) in [4.78, 5) is 14.4. The first kappa shape index (κ1) is 18.0. The van der Waals surface area contributed by atoms with Gasteiger partial charge < -0.3 is 15.4 Å². The summed E-state index contributed by atoms with van der Waals surface area (Å²) in [6.07, 6.45) is 0. The Labute approximate surface area is 144 Å². The highest BCUT2D eigenvalue weighted by Gasteiger charge is 2.25. The van der Waals surface area contributed by atoms with Crippen LogP contribution in [0.3, 0.4) is 0 Å². The summed E-state index contributed by atoms with van der Waals surface area (Å²) in [5, 5.41) is 0. The Hall–Kier alpha value is -2.33. The van der Waals surface area contributed by atoms with Crippen LogP contribution in [0.15, 0.2) is 48.5 Å². The summed E-state index contributed by atoms with van der Waals surface area (Å²) < 4.78 is 5.27. The molecule has 2 aromatic carbocycles. The van der Waals surface area contributed by atoms with Gasteiger partial charge in [-0.25, -0.2) is 0 Å². The predicted octanol–water partition coefficient (Wildman–Crippen LogP) is 3.30. The number of hydrogen-bond donors (Lipinski definition) is 1. The van der Waals surface area contributed by atoms with Crippen LogP contribution in [0, 0.1) is 12.8 Å². The van der Waals surface area contributed by atoms with E-state index >= 15 is 0 Å². The van der Waals surface area contributed by atoms with Crippen molar-refractivity contribution in [1.29, 1.82) is 0 Å². The summed E-state index contributed by atoms with van der Waals surface area (Å²) >= 11 is 0. The molecule has 4 nitrogen and oxygen atoms in total. The van der Waals surface area contributed by atoms with E-state index in [2.05, 4.69) is 0 Å². The number of hydrogen-bond acceptors (Lipinski definition) is 3. The van der Waals surface area contributed by atoms with Crippen molar-refractivity contribution in [2.75, 3.05) is 14.2 Å². The third kappa shape index (κ3) is 4.15. The molecule has 4 heteroatoms. The van der Waals surface area contributed by atoms with Gasteiger partial charge in [-0.05, 0) is 29.7 Å². The van der Waals surface area contributed by atoms with Crippen molar-refractivity contribution in [2.24, 2.45) is 11.7 Å². The minimum Gasteiger partial charge on any atom is -0.496 e. The smallest absolute Gasteiger partial charge is 0.227 e. The van der Waals surface area contributed by atoms with Crippen molar-refractivity contribution >= 4 is 5.91 Å². The Morgan fingerprint density at radius 2 is 1.88 bits per heavy atom. The molecule has 0 aliphatic heterocycles. The SMILES string of the molecule is COc1ccc(CN(C)C(=O)C(C)C(N)c2ccccc2)cc1C. The van der Waals surface area contributed by atoms with E-state index in [9.17, 15) is 4.79 Å². The number of ether oxygens (including phenoxy) is 1. The lowest BCUT2D eigenvalue weighted by Gasteiger charge is -2.26. The van der Waals surface area contributed by atoms with Gasteiger partial charge in [-0.3, -0.25) is 4.79 Å². The minimum absolute atomic E-state index is 0.0415. The Morgan fingerprint density at radius 3 is 2.46 bits per heavy atom. The topological polar surface area (TPSA) is 55.6 Å². The quantitative estimate of drug-likeness (QED) is 0.886. The van der Waals surface area contributed by atoms with E-state index in [4.69, 9.17) is 10.5 Å². The zero-order valence-electron chi connectivity index (χ0n) is 14.8. The first-order valence-electron chi connectivity index (χ1n) is 8.13. The molecule has 24 heavy (non-hydrogen) atoms. The molecule has 128 valence electrons. The van der Waals surface area contributed by atoms with Crippen LogP contribution in [0.4, 0.5) is 0 Å². The average molecular weight is 326 g/mol. The largest absolute Gasteiger partial charge is 0.496 e. The van der Waals surface area contributed by atoms with Gasteiger partial charge in [0.05, 0.1) is 13.0 Å². The van der Waals surface area contributed by atoms with Crippen LogP contribution in [0.5, 0.6) is 5.75 Å². The number of aryl methyl sites for hydroxylation is 1. The van der Waals surface area contributed by atoms with Gasteiger partial charge in [-0.2, -0.15) is 0 Å². The lowest BCUT2D eigenvalue weighted by atomic mass is 9.94. The zero-order chi connectivity index (χ0) is 17.7. The lowest BCUT2D eigenvalue weighted by Crippen LogP contribution is -2.36. The van der Waals surface area contributed by atoms with Crippen LogP contribution in [0.2, 0.25) is 0 Å². The van der Waals surface area contributed by atoms with Gasteiger partial charge in [0.1, 0.15) is 5.75 Å². The third-order valence-electron chi connectivity index (χ3n) is 4.37. The van der Waals surface area contributed by atoms with Crippen LogP contribution in [-0.2, 0) is 11.3 Å². The molecule has 0 aliphatic rings. The van der Waals surface area contributed by atoms with E-state index in [0.29, 0.717) is 6.54 Å². The average Bonchev–Trinajstić information content (AvgIpc) is 2.60. The fraction of sp³-hybridized carbons (Fsp3) is 0.350. The zero-order valence-corrected chi connectivity index (χ0v) is 14.8. The number of amides is 1. The van der Waals surface area contributed by atoms with Crippen molar-refractivity contribution in [1.82, 2.24) is 4.90 Å². The van der Waals surface area contributed by atoms with E-state index in [0.717, 1.165) is 22.4 Å². The molecule has 2 atom stereocenters. The molecule has 0 spiro atoms. The second-order valence-corrected chi connectivity index (χ2v) is 6.22. The molecule has 2 N–H and O–H groups in total. The molecule has 0 heterocycles. The first-order valence-corrected chi connectivity index (χ1v) is 8.13. The highest BCUT2D eigenvalue weighted by Crippen LogP contribution is 2.23. The highest BCUT2D eigenvalue weighted by atomic mass is 16.5. The van der Waals surface area contributed by atoms with Crippen LogP contribution in [-0.4, -0.2) is 25.0 Å². The van der Waals surface area contributed by atoms with Crippen LogP contribution in [0.1, 0.15) is 29.7 Å². The normalized spacial score (nSPS) is 13.2.